The number of benzene rings is 1. The third-order valence-electron chi connectivity index (χ3n) is 4.91. The molecule has 1 aromatic carbocycles. The Balaban J connectivity index is 1.33. The summed E-state index contributed by atoms with van der Waals surface area (Å²) in [5.41, 5.74) is 1.99. The van der Waals surface area contributed by atoms with Gasteiger partial charge in [0.2, 0.25) is 5.91 Å². The van der Waals surface area contributed by atoms with Gasteiger partial charge in [-0.2, -0.15) is 0 Å². The smallest absolute Gasteiger partial charge is 0.220 e. The van der Waals surface area contributed by atoms with Crippen molar-refractivity contribution in [3.8, 4) is 0 Å². The Morgan fingerprint density at radius 2 is 2.25 bits per heavy atom. The number of hydrogen-bond acceptors (Lipinski definition) is 3. The molecule has 2 aromatic rings. The van der Waals surface area contributed by atoms with E-state index in [0.29, 0.717) is 18.9 Å². The molecule has 0 aliphatic carbocycles. The summed E-state index contributed by atoms with van der Waals surface area (Å²) in [5, 5.41) is 3.03. The highest BCUT2D eigenvalue weighted by atomic mass is 16.1. The van der Waals surface area contributed by atoms with Crippen molar-refractivity contribution in [2.75, 3.05) is 19.6 Å². The van der Waals surface area contributed by atoms with Gasteiger partial charge >= 0.3 is 0 Å². The van der Waals surface area contributed by atoms with Crippen molar-refractivity contribution >= 4 is 16.9 Å². The largest absolute Gasteiger partial charge is 0.356 e. The fraction of sp³-hybridized carbons (Fsp3) is 0.579. The van der Waals surface area contributed by atoms with E-state index in [-0.39, 0.29) is 5.91 Å². The molecule has 2 N–H and O–H groups in total. The normalized spacial score (nSPS) is 18.8. The first kappa shape index (κ1) is 17.0. The highest BCUT2D eigenvalue weighted by Gasteiger charge is 2.17. The molecule has 0 spiro atoms. The number of rotatable bonds is 7. The Morgan fingerprint density at radius 1 is 1.38 bits per heavy atom. The number of hydrogen-bond donors (Lipinski definition) is 2. The van der Waals surface area contributed by atoms with Crippen LogP contribution < -0.4 is 5.32 Å². The first-order chi connectivity index (χ1) is 11.7. The van der Waals surface area contributed by atoms with E-state index in [1.807, 2.05) is 24.3 Å². The molecule has 1 saturated heterocycles. The van der Waals surface area contributed by atoms with Crippen LogP contribution >= 0.6 is 0 Å². The average molecular weight is 328 g/mol. The number of aromatic amines is 1. The lowest BCUT2D eigenvalue weighted by atomic mass is 10.0. The summed E-state index contributed by atoms with van der Waals surface area (Å²) >= 11 is 0. The fourth-order valence-corrected chi connectivity index (χ4v) is 3.44. The number of piperidine rings is 1. The molecule has 1 aromatic heterocycles. The Bertz CT molecular complexity index is 633. The number of carbonyl (C=O) groups excluding carboxylic acids is 1. The molecule has 1 fully saturated rings. The second-order valence-corrected chi connectivity index (χ2v) is 6.78. The number of nitrogens with one attached hydrogen (secondary N) is 2. The van der Waals surface area contributed by atoms with Crippen molar-refractivity contribution < 1.29 is 4.79 Å². The van der Waals surface area contributed by atoms with Crippen LogP contribution in [0.2, 0.25) is 0 Å². The van der Waals surface area contributed by atoms with E-state index < -0.39 is 0 Å². The molecule has 1 aliphatic rings. The van der Waals surface area contributed by atoms with Gasteiger partial charge in [-0.1, -0.05) is 18.6 Å². The maximum atomic E-state index is 12.0. The van der Waals surface area contributed by atoms with Crippen molar-refractivity contribution in [3.05, 3.63) is 30.1 Å². The molecule has 24 heavy (non-hydrogen) atoms. The number of nitrogens with zero attached hydrogens (tertiary/aromatic N) is 2. The number of imidazole rings is 1. The fourth-order valence-electron chi connectivity index (χ4n) is 3.44. The van der Waals surface area contributed by atoms with Crippen LogP contribution in [0.25, 0.3) is 11.0 Å². The van der Waals surface area contributed by atoms with Crippen molar-refractivity contribution in [1.29, 1.82) is 0 Å². The van der Waals surface area contributed by atoms with Crippen LogP contribution in [0.4, 0.5) is 0 Å². The van der Waals surface area contributed by atoms with Gasteiger partial charge in [-0.15, -0.1) is 0 Å². The number of aromatic nitrogens is 2. The Morgan fingerprint density at radius 3 is 3.08 bits per heavy atom. The minimum Gasteiger partial charge on any atom is -0.356 e. The van der Waals surface area contributed by atoms with Gasteiger partial charge in [0.15, 0.2) is 0 Å². The van der Waals surface area contributed by atoms with Crippen LogP contribution in [0.15, 0.2) is 24.3 Å². The number of likely N-dealkylation sites (tertiary alicyclic amines) is 1. The lowest BCUT2D eigenvalue weighted by Crippen LogP contribution is -2.39. The van der Waals surface area contributed by atoms with Crippen LogP contribution in [0.5, 0.6) is 0 Å². The molecule has 130 valence electrons. The maximum absolute atomic E-state index is 12.0. The summed E-state index contributed by atoms with van der Waals surface area (Å²) in [5.74, 6) is 0.996. The van der Waals surface area contributed by atoms with Gasteiger partial charge in [-0.3, -0.25) is 4.79 Å². The van der Waals surface area contributed by atoms with Gasteiger partial charge in [0.1, 0.15) is 5.82 Å². The van der Waals surface area contributed by atoms with E-state index in [4.69, 9.17) is 0 Å². The Labute approximate surface area is 143 Å². The van der Waals surface area contributed by atoms with Crippen molar-refractivity contribution in [2.24, 2.45) is 0 Å². The van der Waals surface area contributed by atoms with E-state index in [2.05, 4.69) is 27.1 Å². The topological polar surface area (TPSA) is 61.0 Å². The molecular weight excluding hydrogens is 300 g/mol. The highest BCUT2D eigenvalue weighted by Crippen LogP contribution is 2.16. The Kier molecular flexibility index (Phi) is 5.86. The van der Waals surface area contributed by atoms with E-state index >= 15 is 0 Å². The molecule has 0 bridgehead atoms. The standard InChI is InChI=1S/C19H28N4O/c1-15-7-4-5-13-23(15)14-6-12-20-19(24)11-10-18-21-16-8-2-3-9-17(16)22-18/h2-3,8-9,15H,4-7,10-14H2,1H3,(H,20,24)(H,21,22). The second kappa shape index (κ2) is 8.29. The predicted molar refractivity (Wildman–Crippen MR) is 96.9 cm³/mol. The van der Waals surface area contributed by atoms with Gasteiger partial charge in [-0.25, -0.2) is 4.98 Å². The zero-order valence-corrected chi connectivity index (χ0v) is 14.6. The summed E-state index contributed by atoms with van der Waals surface area (Å²) in [7, 11) is 0. The molecule has 1 unspecified atom stereocenters. The molecule has 5 heteroatoms. The van der Waals surface area contributed by atoms with Gasteiger partial charge in [-0.05, 0) is 44.9 Å². The SMILES string of the molecule is CC1CCCCN1CCCNC(=O)CCc1nc2ccccc2[nH]1. The van der Waals surface area contributed by atoms with Gasteiger partial charge in [0, 0.05) is 32.0 Å². The zero-order valence-electron chi connectivity index (χ0n) is 14.6. The minimum atomic E-state index is 0.113. The van der Waals surface area contributed by atoms with Crippen LogP contribution in [0.3, 0.4) is 0 Å². The molecule has 1 aliphatic heterocycles. The zero-order chi connectivity index (χ0) is 16.8. The van der Waals surface area contributed by atoms with Crippen LogP contribution in [0, 0.1) is 0 Å². The summed E-state index contributed by atoms with van der Waals surface area (Å²) in [4.78, 5) is 22.3. The first-order valence-corrected chi connectivity index (χ1v) is 9.17. The summed E-state index contributed by atoms with van der Waals surface area (Å²) in [6, 6.07) is 8.65. The lowest BCUT2D eigenvalue weighted by molar-refractivity contribution is -0.121. The molecule has 0 radical (unpaired) electrons. The maximum Gasteiger partial charge on any atom is 0.220 e. The molecule has 2 heterocycles. The van der Waals surface area contributed by atoms with E-state index in [1.165, 1.54) is 25.8 Å². The number of amides is 1. The monoisotopic (exact) mass is 328 g/mol. The van der Waals surface area contributed by atoms with Crippen molar-refractivity contribution in [3.63, 3.8) is 0 Å². The summed E-state index contributed by atoms with van der Waals surface area (Å²) in [6.07, 6.45) is 6.15. The van der Waals surface area contributed by atoms with E-state index in [0.717, 1.165) is 36.4 Å². The van der Waals surface area contributed by atoms with Crippen molar-refractivity contribution in [1.82, 2.24) is 20.2 Å². The molecule has 1 amide bonds. The molecular formula is C19H28N4O. The van der Waals surface area contributed by atoms with Crippen molar-refractivity contribution in [2.45, 2.75) is 51.5 Å². The summed E-state index contributed by atoms with van der Waals surface area (Å²) in [6.45, 7) is 5.37. The lowest BCUT2D eigenvalue weighted by Gasteiger charge is -2.33. The third kappa shape index (κ3) is 4.57. The minimum absolute atomic E-state index is 0.113. The average Bonchev–Trinajstić information content (AvgIpc) is 3.01. The number of fused-ring (bicyclic) bond motifs is 1. The molecule has 0 saturated carbocycles. The molecule has 1 atom stereocenters. The van der Waals surface area contributed by atoms with Gasteiger partial charge in [0.25, 0.3) is 0 Å². The number of aryl methyl sites for hydroxylation is 1. The van der Waals surface area contributed by atoms with Crippen LogP contribution in [-0.4, -0.2) is 46.5 Å². The first-order valence-electron chi connectivity index (χ1n) is 9.17. The molecule has 3 rings (SSSR count). The third-order valence-corrected chi connectivity index (χ3v) is 4.91. The summed E-state index contributed by atoms with van der Waals surface area (Å²) < 4.78 is 0. The van der Waals surface area contributed by atoms with E-state index in [1.54, 1.807) is 0 Å². The second-order valence-electron chi connectivity index (χ2n) is 6.78. The van der Waals surface area contributed by atoms with E-state index in [9.17, 15) is 4.79 Å². The van der Waals surface area contributed by atoms with Gasteiger partial charge in [0.05, 0.1) is 11.0 Å². The van der Waals surface area contributed by atoms with Crippen LogP contribution in [0.1, 0.15) is 44.9 Å². The molecule has 5 nitrogen and oxygen atoms in total. The quantitative estimate of drug-likeness (QED) is 0.768. The Hall–Kier alpha value is -1.88. The number of carbonyl (C=O) groups is 1. The van der Waals surface area contributed by atoms with Gasteiger partial charge < -0.3 is 15.2 Å². The number of H-pyrrole nitrogens is 1. The number of para-hydroxylation sites is 2. The predicted octanol–water partition coefficient (Wildman–Crippen LogP) is 2.88. The van der Waals surface area contributed by atoms with Crippen LogP contribution in [-0.2, 0) is 11.2 Å². The highest BCUT2D eigenvalue weighted by molar-refractivity contribution is 5.77.